The SMILES string of the molecule is CC1=C(C)[C](C)([Zr]([CH](c2ccccc2)c2ccccc2)[C]2(C)C(C)=C(C)C(C)=C2C)C(C)=C1C. The van der Waals surface area contributed by atoms with E-state index in [0.717, 1.165) is 0 Å². The number of rotatable bonds is 5. The van der Waals surface area contributed by atoms with E-state index in [2.05, 4.69) is 130 Å². The second-order valence-electron chi connectivity index (χ2n) is 10.9. The molecule has 34 heavy (non-hydrogen) atoms. The third-order valence-corrected chi connectivity index (χ3v) is 22.0. The Morgan fingerprint density at radius 2 is 0.735 bits per heavy atom. The third-order valence-electron chi connectivity index (χ3n) is 10.0. The average Bonchev–Trinajstić information content (AvgIpc) is 3.10. The summed E-state index contributed by atoms with van der Waals surface area (Å²) in [5.41, 5.74) is 15.6. The maximum absolute atomic E-state index is 2.63. The molecule has 0 radical (unpaired) electrons. The van der Waals surface area contributed by atoms with Crippen molar-refractivity contribution < 1.29 is 21.8 Å². The zero-order chi connectivity index (χ0) is 25.0. The molecule has 0 atom stereocenters. The van der Waals surface area contributed by atoms with Gasteiger partial charge in [-0.2, -0.15) is 0 Å². The van der Waals surface area contributed by atoms with Gasteiger partial charge in [0.15, 0.2) is 0 Å². The summed E-state index contributed by atoms with van der Waals surface area (Å²) in [6.45, 7) is 24.5. The molecule has 0 saturated heterocycles. The molecule has 0 aliphatic heterocycles. The van der Waals surface area contributed by atoms with Crippen LogP contribution in [0.1, 0.15) is 84.0 Å². The predicted octanol–water partition coefficient (Wildman–Crippen LogP) is 10.1. The number of hydrogen-bond donors (Lipinski definition) is 0. The minimum atomic E-state index is -2.62. The first-order chi connectivity index (χ1) is 16.0. The fourth-order valence-corrected chi connectivity index (χ4v) is 20.6. The van der Waals surface area contributed by atoms with Gasteiger partial charge in [0.05, 0.1) is 0 Å². The summed E-state index contributed by atoms with van der Waals surface area (Å²) in [4.78, 5) is 0. The van der Waals surface area contributed by atoms with Crippen molar-refractivity contribution in [1.29, 1.82) is 0 Å². The van der Waals surface area contributed by atoms with E-state index >= 15 is 0 Å². The van der Waals surface area contributed by atoms with Crippen LogP contribution in [0.25, 0.3) is 0 Å². The van der Waals surface area contributed by atoms with E-state index < -0.39 is 21.8 Å². The van der Waals surface area contributed by atoms with Crippen molar-refractivity contribution in [2.24, 2.45) is 0 Å². The van der Waals surface area contributed by atoms with Gasteiger partial charge in [0.25, 0.3) is 0 Å². The van der Waals surface area contributed by atoms with Crippen LogP contribution in [-0.2, 0) is 21.8 Å². The summed E-state index contributed by atoms with van der Waals surface area (Å²) in [7, 11) is 0. The van der Waals surface area contributed by atoms with Crippen LogP contribution in [0.15, 0.2) is 105 Å². The van der Waals surface area contributed by atoms with Gasteiger partial charge in [-0.25, -0.2) is 0 Å². The first-order valence-corrected chi connectivity index (χ1v) is 16.6. The van der Waals surface area contributed by atoms with Crippen molar-refractivity contribution >= 4 is 0 Å². The number of benzene rings is 2. The molecule has 2 aliphatic rings. The molecule has 0 fully saturated rings. The molecule has 0 aromatic heterocycles. The Bertz CT molecular complexity index is 1090. The standard InChI is InChI=1S/C13H11.2C10H15.Zr/c1-3-7-12(8-4-1)11-13-9-5-2-6-10-13;2*1-6-7(2)9(4)10(5)8(6)3;/h1-11H;2*1-5H3;. The summed E-state index contributed by atoms with van der Waals surface area (Å²) in [5, 5.41) is 0. The molecule has 0 unspecified atom stereocenters. The van der Waals surface area contributed by atoms with E-state index in [1.54, 1.807) is 22.3 Å². The van der Waals surface area contributed by atoms with Gasteiger partial charge in [-0.3, -0.25) is 0 Å². The summed E-state index contributed by atoms with van der Waals surface area (Å²) in [6, 6.07) is 22.9. The summed E-state index contributed by atoms with van der Waals surface area (Å²) >= 11 is -2.62. The minimum absolute atomic E-state index is 0.148. The molecular weight excluding hydrogens is 488 g/mol. The van der Waals surface area contributed by atoms with E-state index in [0.29, 0.717) is 3.63 Å². The van der Waals surface area contributed by atoms with Crippen LogP contribution in [0.3, 0.4) is 0 Å². The Hall–Kier alpha value is -1.72. The fraction of sp³-hybridized carbons (Fsp3) is 0.394. The van der Waals surface area contributed by atoms with Gasteiger partial charge < -0.3 is 0 Å². The summed E-state index contributed by atoms with van der Waals surface area (Å²) < 4.78 is 0.760. The van der Waals surface area contributed by atoms with Gasteiger partial charge >= 0.3 is 217 Å². The zero-order valence-electron chi connectivity index (χ0n) is 22.9. The third kappa shape index (κ3) is 3.49. The quantitative estimate of drug-likeness (QED) is 0.362. The van der Waals surface area contributed by atoms with Gasteiger partial charge in [-0.1, -0.05) is 0 Å². The van der Waals surface area contributed by atoms with E-state index in [1.807, 2.05) is 0 Å². The molecule has 4 rings (SSSR count). The van der Waals surface area contributed by atoms with Crippen LogP contribution in [-0.4, -0.2) is 0 Å². The molecule has 2 aromatic rings. The molecule has 0 nitrogen and oxygen atoms in total. The van der Waals surface area contributed by atoms with Crippen molar-refractivity contribution in [1.82, 2.24) is 0 Å². The molecule has 0 N–H and O–H groups in total. The summed E-state index contributed by atoms with van der Waals surface area (Å²) in [5.74, 6) is 0. The first kappa shape index (κ1) is 25.4. The maximum atomic E-state index is 2.63. The molecule has 0 heterocycles. The molecular formula is C33H41Zr. The van der Waals surface area contributed by atoms with E-state index in [4.69, 9.17) is 0 Å². The molecule has 177 valence electrons. The first-order valence-electron chi connectivity index (χ1n) is 12.7. The average molecular weight is 529 g/mol. The molecule has 0 bridgehead atoms. The van der Waals surface area contributed by atoms with Crippen LogP contribution in [0.5, 0.6) is 0 Å². The van der Waals surface area contributed by atoms with Gasteiger partial charge in [0.1, 0.15) is 0 Å². The Morgan fingerprint density at radius 1 is 0.471 bits per heavy atom. The topological polar surface area (TPSA) is 0 Å². The van der Waals surface area contributed by atoms with Crippen LogP contribution in [0, 0.1) is 0 Å². The second-order valence-corrected chi connectivity index (χ2v) is 19.3. The Kier molecular flexibility index (Phi) is 6.76. The normalized spacial score (nSPS) is 19.7. The molecule has 0 saturated carbocycles. The van der Waals surface area contributed by atoms with Crippen molar-refractivity contribution in [2.45, 2.75) is 79.1 Å². The van der Waals surface area contributed by atoms with E-state index in [1.165, 1.54) is 33.4 Å². The van der Waals surface area contributed by atoms with Crippen molar-refractivity contribution in [3.63, 3.8) is 0 Å². The molecule has 0 amide bonds. The van der Waals surface area contributed by atoms with Gasteiger partial charge in [0.2, 0.25) is 0 Å². The molecule has 2 aliphatic carbocycles. The van der Waals surface area contributed by atoms with E-state index in [9.17, 15) is 0 Å². The zero-order valence-corrected chi connectivity index (χ0v) is 25.3. The van der Waals surface area contributed by atoms with E-state index in [-0.39, 0.29) is 6.25 Å². The fourth-order valence-electron chi connectivity index (χ4n) is 6.89. The van der Waals surface area contributed by atoms with Crippen molar-refractivity contribution in [2.75, 3.05) is 0 Å². The van der Waals surface area contributed by atoms with Gasteiger partial charge in [-0.05, 0) is 0 Å². The second kappa shape index (κ2) is 9.06. The van der Waals surface area contributed by atoms with Crippen molar-refractivity contribution in [3.05, 3.63) is 116 Å². The Labute approximate surface area is 216 Å². The van der Waals surface area contributed by atoms with Gasteiger partial charge in [0, 0.05) is 0 Å². The number of hydrogen-bond acceptors (Lipinski definition) is 0. The molecule has 1 heteroatoms. The van der Waals surface area contributed by atoms with Gasteiger partial charge in [-0.15, -0.1) is 0 Å². The van der Waals surface area contributed by atoms with Crippen LogP contribution >= 0.6 is 0 Å². The Balaban J connectivity index is 2.13. The van der Waals surface area contributed by atoms with Crippen molar-refractivity contribution in [3.8, 4) is 0 Å². The number of allylic oxidation sites excluding steroid dienone is 8. The van der Waals surface area contributed by atoms with Crippen LogP contribution in [0.2, 0.25) is 6.25 Å². The van der Waals surface area contributed by atoms with Crippen LogP contribution in [0.4, 0.5) is 0 Å². The Morgan fingerprint density at radius 3 is 1.00 bits per heavy atom. The van der Waals surface area contributed by atoms with Crippen LogP contribution < -0.4 is 0 Å². The predicted molar refractivity (Wildman–Crippen MR) is 145 cm³/mol. The molecule has 2 aromatic carbocycles. The summed E-state index contributed by atoms with van der Waals surface area (Å²) in [6.07, 6.45) is 0. The molecule has 0 spiro atoms. The monoisotopic (exact) mass is 527 g/mol.